The zero-order chi connectivity index (χ0) is 15.6. The minimum Gasteiger partial charge on any atom is -0.344 e. The van der Waals surface area contributed by atoms with Gasteiger partial charge in [-0.15, -0.1) is 0 Å². The van der Waals surface area contributed by atoms with Crippen LogP contribution in [0.2, 0.25) is 0 Å². The Bertz CT molecular complexity index is 647. The lowest BCUT2D eigenvalue weighted by Gasteiger charge is -2.30. The van der Waals surface area contributed by atoms with Gasteiger partial charge < -0.3 is 11.1 Å². The lowest BCUT2D eigenvalue weighted by molar-refractivity contribution is 0.0894. The first-order chi connectivity index (χ1) is 9.86. The molecule has 0 spiro atoms. The molecule has 0 fully saturated rings. The summed E-state index contributed by atoms with van der Waals surface area (Å²) >= 11 is 0. The summed E-state index contributed by atoms with van der Waals surface area (Å²) in [6, 6.07) is 7.72. The number of hydrogen-bond acceptors (Lipinski definition) is 3. The van der Waals surface area contributed by atoms with Crippen LogP contribution in [0.25, 0.3) is 10.9 Å². The molecule has 2 rings (SSSR count). The molecule has 5 nitrogen and oxygen atoms in total. The number of carbonyl (C=O) groups is 1. The van der Waals surface area contributed by atoms with Crippen LogP contribution in [-0.2, 0) is 7.05 Å². The van der Waals surface area contributed by atoms with Crippen LogP contribution in [0, 0.1) is 5.92 Å². The van der Waals surface area contributed by atoms with E-state index < -0.39 is 5.54 Å². The van der Waals surface area contributed by atoms with Gasteiger partial charge >= 0.3 is 0 Å². The molecule has 1 heterocycles. The smallest absolute Gasteiger partial charge is 0.272 e. The van der Waals surface area contributed by atoms with Crippen molar-refractivity contribution in [3.8, 4) is 0 Å². The number of nitrogens with zero attached hydrogens (tertiary/aromatic N) is 2. The van der Waals surface area contributed by atoms with Gasteiger partial charge in [-0.3, -0.25) is 9.48 Å². The Morgan fingerprint density at radius 2 is 2.10 bits per heavy atom. The van der Waals surface area contributed by atoms with Gasteiger partial charge in [0.15, 0.2) is 5.69 Å². The second-order valence-corrected chi connectivity index (χ2v) is 6.31. The molecule has 1 aromatic heterocycles. The SMILES string of the molecule is CC(C)CC(C)(CN)NC(=O)c1nn(C)c2ccccc12. The first-order valence-electron chi connectivity index (χ1n) is 7.30. The van der Waals surface area contributed by atoms with E-state index in [1.165, 1.54) is 0 Å². The minimum absolute atomic E-state index is 0.166. The van der Waals surface area contributed by atoms with Crippen molar-refractivity contribution >= 4 is 16.8 Å². The number of benzene rings is 1. The summed E-state index contributed by atoms with van der Waals surface area (Å²) in [5, 5.41) is 8.27. The highest BCUT2D eigenvalue weighted by Crippen LogP contribution is 2.20. The van der Waals surface area contributed by atoms with Crippen LogP contribution in [0.5, 0.6) is 0 Å². The van der Waals surface area contributed by atoms with Gasteiger partial charge in [-0.2, -0.15) is 5.10 Å². The first-order valence-corrected chi connectivity index (χ1v) is 7.30. The quantitative estimate of drug-likeness (QED) is 0.884. The van der Waals surface area contributed by atoms with E-state index >= 15 is 0 Å². The van der Waals surface area contributed by atoms with E-state index in [0.29, 0.717) is 18.2 Å². The normalized spacial score (nSPS) is 14.4. The average Bonchev–Trinajstić information content (AvgIpc) is 2.76. The van der Waals surface area contributed by atoms with Crippen molar-refractivity contribution in [2.45, 2.75) is 32.7 Å². The average molecular weight is 288 g/mol. The molecular formula is C16H24N4O. The Kier molecular flexibility index (Phi) is 4.32. The number of hydrogen-bond donors (Lipinski definition) is 2. The predicted molar refractivity (Wildman–Crippen MR) is 85.1 cm³/mol. The Hall–Kier alpha value is -1.88. The van der Waals surface area contributed by atoms with Gasteiger partial charge in [-0.1, -0.05) is 32.0 Å². The Balaban J connectivity index is 2.30. The van der Waals surface area contributed by atoms with Crippen LogP contribution in [0.3, 0.4) is 0 Å². The summed E-state index contributed by atoms with van der Waals surface area (Å²) in [5.41, 5.74) is 6.85. The van der Waals surface area contributed by atoms with Gasteiger partial charge in [0, 0.05) is 19.0 Å². The van der Waals surface area contributed by atoms with Gasteiger partial charge in [0.25, 0.3) is 5.91 Å². The summed E-state index contributed by atoms with van der Waals surface area (Å²) in [4.78, 5) is 12.6. The fourth-order valence-electron chi connectivity index (χ4n) is 2.80. The lowest BCUT2D eigenvalue weighted by Crippen LogP contribution is -2.52. The molecule has 1 amide bonds. The number of nitrogens with two attached hydrogens (primary N) is 1. The molecule has 3 N–H and O–H groups in total. The number of carbonyl (C=O) groups excluding carboxylic acids is 1. The predicted octanol–water partition coefficient (Wildman–Crippen LogP) is 2.07. The summed E-state index contributed by atoms with van der Waals surface area (Å²) in [7, 11) is 1.84. The maximum atomic E-state index is 12.6. The summed E-state index contributed by atoms with van der Waals surface area (Å²) in [6.45, 7) is 6.63. The third-order valence-corrected chi connectivity index (χ3v) is 3.70. The van der Waals surface area contributed by atoms with Gasteiger partial charge in [0.2, 0.25) is 0 Å². The summed E-state index contributed by atoms with van der Waals surface area (Å²) in [6.07, 6.45) is 0.833. The van der Waals surface area contributed by atoms with Gasteiger partial charge in [-0.05, 0) is 25.3 Å². The van der Waals surface area contributed by atoms with Crippen LogP contribution in [0.15, 0.2) is 24.3 Å². The molecule has 0 aliphatic carbocycles. The van der Waals surface area contributed by atoms with Crippen molar-refractivity contribution in [2.24, 2.45) is 18.7 Å². The van der Waals surface area contributed by atoms with Crippen LogP contribution in [-0.4, -0.2) is 27.8 Å². The lowest BCUT2D eigenvalue weighted by atomic mass is 9.90. The monoisotopic (exact) mass is 288 g/mol. The van der Waals surface area contributed by atoms with E-state index in [4.69, 9.17) is 5.73 Å². The molecule has 5 heteroatoms. The van der Waals surface area contributed by atoms with Crippen LogP contribution >= 0.6 is 0 Å². The number of amides is 1. The second-order valence-electron chi connectivity index (χ2n) is 6.31. The minimum atomic E-state index is -0.413. The fraction of sp³-hybridized carbons (Fsp3) is 0.500. The number of para-hydroxylation sites is 1. The van der Waals surface area contributed by atoms with Crippen molar-refractivity contribution in [1.82, 2.24) is 15.1 Å². The zero-order valence-electron chi connectivity index (χ0n) is 13.2. The largest absolute Gasteiger partial charge is 0.344 e. The van der Waals surface area contributed by atoms with E-state index in [1.807, 2.05) is 38.2 Å². The fourth-order valence-corrected chi connectivity index (χ4v) is 2.80. The Morgan fingerprint density at radius 1 is 1.43 bits per heavy atom. The van der Waals surface area contributed by atoms with E-state index in [9.17, 15) is 4.79 Å². The molecule has 0 bridgehead atoms. The standard InChI is InChI=1S/C16H24N4O/c1-11(2)9-16(3,10-17)18-15(21)14-12-7-5-6-8-13(12)20(4)19-14/h5-8,11H,9-10,17H2,1-4H3,(H,18,21). The number of rotatable bonds is 5. The van der Waals surface area contributed by atoms with E-state index in [2.05, 4.69) is 24.3 Å². The third-order valence-electron chi connectivity index (χ3n) is 3.70. The Morgan fingerprint density at radius 3 is 2.71 bits per heavy atom. The number of fused-ring (bicyclic) bond motifs is 1. The second kappa shape index (κ2) is 5.85. The van der Waals surface area contributed by atoms with Gasteiger partial charge in [0.1, 0.15) is 0 Å². The van der Waals surface area contributed by atoms with Crippen molar-refractivity contribution in [2.75, 3.05) is 6.54 Å². The number of nitrogens with one attached hydrogen (secondary N) is 1. The maximum absolute atomic E-state index is 12.6. The van der Waals surface area contributed by atoms with Crippen LogP contribution < -0.4 is 11.1 Å². The molecule has 0 radical (unpaired) electrons. The molecule has 2 aromatic rings. The van der Waals surface area contributed by atoms with Crippen LogP contribution in [0.4, 0.5) is 0 Å². The Labute approximate surface area is 125 Å². The molecule has 1 aromatic carbocycles. The van der Waals surface area contributed by atoms with E-state index in [1.54, 1.807) is 4.68 Å². The molecule has 0 saturated heterocycles. The van der Waals surface area contributed by atoms with Crippen molar-refractivity contribution in [1.29, 1.82) is 0 Å². The first kappa shape index (κ1) is 15.5. The molecular weight excluding hydrogens is 264 g/mol. The third kappa shape index (κ3) is 3.24. The molecule has 1 atom stereocenters. The molecule has 114 valence electrons. The molecule has 0 saturated carbocycles. The number of aromatic nitrogens is 2. The highest BCUT2D eigenvalue weighted by molar-refractivity contribution is 6.05. The summed E-state index contributed by atoms with van der Waals surface area (Å²) in [5.74, 6) is 0.291. The molecule has 0 aliphatic heterocycles. The van der Waals surface area contributed by atoms with Gasteiger partial charge in [0.05, 0.1) is 11.1 Å². The van der Waals surface area contributed by atoms with Crippen LogP contribution in [0.1, 0.15) is 37.7 Å². The topological polar surface area (TPSA) is 72.9 Å². The highest BCUT2D eigenvalue weighted by atomic mass is 16.2. The molecule has 21 heavy (non-hydrogen) atoms. The van der Waals surface area contributed by atoms with Crippen molar-refractivity contribution in [3.05, 3.63) is 30.0 Å². The van der Waals surface area contributed by atoms with E-state index in [0.717, 1.165) is 17.3 Å². The van der Waals surface area contributed by atoms with Crippen molar-refractivity contribution in [3.63, 3.8) is 0 Å². The molecule has 1 unspecified atom stereocenters. The molecule has 0 aliphatic rings. The summed E-state index contributed by atoms with van der Waals surface area (Å²) < 4.78 is 1.73. The van der Waals surface area contributed by atoms with E-state index in [-0.39, 0.29) is 5.91 Å². The zero-order valence-corrected chi connectivity index (χ0v) is 13.2. The van der Waals surface area contributed by atoms with Gasteiger partial charge in [-0.25, -0.2) is 0 Å². The number of aryl methyl sites for hydroxylation is 1. The van der Waals surface area contributed by atoms with Crippen molar-refractivity contribution < 1.29 is 4.79 Å². The maximum Gasteiger partial charge on any atom is 0.272 e. The highest BCUT2D eigenvalue weighted by Gasteiger charge is 2.28.